The number of carbonyl (C=O) groups excluding carboxylic acids is 1. The number of methoxy groups -OCH3 is 3. The smallest absolute Gasteiger partial charge is 0.234 e. The molecule has 0 aromatic heterocycles. The Morgan fingerprint density at radius 1 is 1.21 bits per heavy atom. The first-order valence-corrected chi connectivity index (χ1v) is 8.13. The van der Waals surface area contributed by atoms with Gasteiger partial charge in [-0.1, -0.05) is 0 Å². The van der Waals surface area contributed by atoms with Crippen molar-refractivity contribution in [3.8, 4) is 11.5 Å². The number of anilines is 1. The fourth-order valence-electron chi connectivity index (χ4n) is 2.74. The van der Waals surface area contributed by atoms with Crippen LogP contribution >= 0.6 is 0 Å². The van der Waals surface area contributed by atoms with Crippen LogP contribution in [0.15, 0.2) is 18.2 Å². The highest BCUT2D eigenvalue weighted by Gasteiger charge is 2.24. The fourth-order valence-corrected chi connectivity index (χ4v) is 2.74. The number of hydrogen-bond donors (Lipinski definition) is 2. The van der Waals surface area contributed by atoms with E-state index in [0.29, 0.717) is 19.7 Å². The van der Waals surface area contributed by atoms with Crippen LogP contribution in [0.4, 0.5) is 5.69 Å². The van der Waals surface area contributed by atoms with Crippen LogP contribution < -0.4 is 25.0 Å². The number of hydrogen-bond acceptors (Lipinski definition) is 6. The summed E-state index contributed by atoms with van der Waals surface area (Å²) >= 11 is 0. The first-order chi connectivity index (χ1) is 11.7. The van der Waals surface area contributed by atoms with Gasteiger partial charge in [-0.2, -0.15) is 0 Å². The zero-order valence-electron chi connectivity index (χ0n) is 14.6. The number of nitrogens with zero attached hydrogens (tertiary/aromatic N) is 1. The number of carbonyl (C=O) groups is 1. The molecule has 1 saturated heterocycles. The molecule has 2 N–H and O–H groups in total. The molecule has 1 fully saturated rings. The third-order valence-electron chi connectivity index (χ3n) is 4.02. The number of nitrogens with one attached hydrogen (secondary N) is 2. The van der Waals surface area contributed by atoms with Crippen LogP contribution in [0.2, 0.25) is 0 Å². The van der Waals surface area contributed by atoms with Gasteiger partial charge >= 0.3 is 0 Å². The Bertz CT molecular complexity index is 516. The molecule has 24 heavy (non-hydrogen) atoms. The maximum atomic E-state index is 11.9. The standard InChI is InChI=1S/C17H27N3O4/c1-22-7-5-18-11-17(21)19-13-4-6-20(12-13)14-8-15(23-2)10-16(9-14)24-3/h8-10,13,18H,4-7,11-12H2,1-3H3,(H,19,21). The normalized spacial score (nSPS) is 17.0. The largest absolute Gasteiger partial charge is 0.497 e. The minimum atomic E-state index is 0.0150. The van der Waals surface area contributed by atoms with Gasteiger partial charge in [0.15, 0.2) is 0 Å². The average molecular weight is 337 g/mol. The first-order valence-electron chi connectivity index (χ1n) is 8.13. The van der Waals surface area contributed by atoms with E-state index in [9.17, 15) is 4.79 Å². The SMILES string of the molecule is COCCNCC(=O)NC1CCN(c2cc(OC)cc(OC)c2)C1. The monoisotopic (exact) mass is 337 g/mol. The van der Waals surface area contributed by atoms with Crippen molar-refractivity contribution in [2.24, 2.45) is 0 Å². The van der Waals surface area contributed by atoms with Crippen molar-refractivity contribution in [2.75, 3.05) is 59.0 Å². The molecule has 134 valence electrons. The summed E-state index contributed by atoms with van der Waals surface area (Å²) in [4.78, 5) is 14.2. The zero-order chi connectivity index (χ0) is 17.4. The third-order valence-corrected chi connectivity index (χ3v) is 4.02. The van der Waals surface area contributed by atoms with Crippen LogP contribution in [0.1, 0.15) is 6.42 Å². The fraction of sp³-hybridized carbons (Fsp3) is 0.588. The molecule has 1 aromatic rings. The molecule has 1 aliphatic heterocycles. The van der Waals surface area contributed by atoms with E-state index < -0.39 is 0 Å². The molecule has 0 spiro atoms. The molecule has 1 unspecified atom stereocenters. The van der Waals surface area contributed by atoms with Gasteiger partial charge < -0.3 is 29.7 Å². The minimum absolute atomic E-state index is 0.0150. The second kappa shape index (κ2) is 9.34. The first kappa shape index (κ1) is 18.4. The van der Waals surface area contributed by atoms with E-state index in [2.05, 4.69) is 15.5 Å². The highest BCUT2D eigenvalue weighted by molar-refractivity contribution is 5.78. The van der Waals surface area contributed by atoms with Gasteiger partial charge in [0.25, 0.3) is 0 Å². The lowest BCUT2D eigenvalue weighted by Crippen LogP contribution is -2.42. The topological polar surface area (TPSA) is 72.1 Å². The summed E-state index contributed by atoms with van der Waals surface area (Å²) in [6.07, 6.45) is 0.920. The van der Waals surface area contributed by atoms with E-state index >= 15 is 0 Å². The van der Waals surface area contributed by atoms with Gasteiger partial charge in [-0.15, -0.1) is 0 Å². The molecule has 0 aliphatic carbocycles. The Kier molecular flexibility index (Phi) is 7.14. The van der Waals surface area contributed by atoms with Gasteiger partial charge in [-0.25, -0.2) is 0 Å². The van der Waals surface area contributed by atoms with Gasteiger partial charge in [0, 0.05) is 56.7 Å². The minimum Gasteiger partial charge on any atom is -0.497 e. The van der Waals surface area contributed by atoms with E-state index in [-0.39, 0.29) is 11.9 Å². The second-order valence-electron chi connectivity index (χ2n) is 5.74. The number of benzene rings is 1. The Morgan fingerprint density at radius 2 is 1.92 bits per heavy atom. The van der Waals surface area contributed by atoms with Gasteiger partial charge in [0.2, 0.25) is 5.91 Å². The summed E-state index contributed by atoms with van der Waals surface area (Å²) in [7, 11) is 4.92. The summed E-state index contributed by atoms with van der Waals surface area (Å²) in [5, 5.41) is 6.12. The molecule has 7 nitrogen and oxygen atoms in total. The molecule has 1 aliphatic rings. The Balaban J connectivity index is 1.85. The average Bonchev–Trinajstić information content (AvgIpc) is 3.06. The zero-order valence-corrected chi connectivity index (χ0v) is 14.6. The van der Waals surface area contributed by atoms with Gasteiger partial charge in [0.1, 0.15) is 11.5 Å². The van der Waals surface area contributed by atoms with Crippen molar-refractivity contribution in [1.82, 2.24) is 10.6 Å². The van der Waals surface area contributed by atoms with Crippen molar-refractivity contribution in [2.45, 2.75) is 12.5 Å². The van der Waals surface area contributed by atoms with Gasteiger partial charge in [-0.05, 0) is 6.42 Å². The molecule has 1 amide bonds. The second-order valence-corrected chi connectivity index (χ2v) is 5.74. The van der Waals surface area contributed by atoms with Gasteiger partial charge in [0.05, 0.1) is 27.4 Å². The van der Waals surface area contributed by atoms with Crippen LogP contribution in [0, 0.1) is 0 Å². The molecule has 1 aromatic carbocycles. The molecule has 1 atom stereocenters. The van der Waals surface area contributed by atoms with E-state index in [0.717, 1.165) is 36.7 Å². The molecular formula is C17H27N3O4. The molecule has 7 heteroatoms. The highest BCUT2D eigenvalue weighted by Crippen LogP contribution is 2.30. The molecule has 1 heterocycles. The third kappa shape index (κ3) is 5.28. The van der Waals surface area contributed by atoms with E-state index in [1.54, 1.807) is 21.3 Å². The summed E-state index contributed by atoms with van der Waals surface area (Å²) < 4.78 is 15.6. The van der Waals surface area contributed by atoms with E-state index in [4.69, 9.17) is 14.2 Å². The van der Waals surface area contributed by atoms with Crippen molar-refractivity contribution in [1.29, 1.82) is 0 Å². The Hall–Kier alpha value is -1.99. The summed E-state index contributed by atoms with van der Waals surface area (Å²) in [5.41, 5.74) is 1.04. The van der Waals surface area contributed by atoms with Crippen molar-refractivity contribution in [3.63, 3.8) is 0 Å². The van der Waals surface area contributed by atoms with Gasteiger partial charge in [-0.3, -0.25) is 4.79 Å². The summed E-state index contributed by atoms with van der Waals surface area (Å²) in [5.74, 6) is 1.54. The van der Waals surface area contributed by atoms with E-state index in [1.165, 1.54) is 0 Å². The van der Waals surface area contributed by atoms with Crippen LogP contribution in [0.3, 0.4) is 0 Å². The number of rotatable bonds is 9. The van der Waals surface area contributed by atoms with Crippen LogP contribution in [-0.4, -0.2) is 66.1 Å². The number of ether oxygens (including phenoxy) is 3. The van der Waals surface area contributed by atoms with Crippen molar-refractivity contribution < 1.29 is 19.0 Å². The molecule has 0 saturated carbocycles. The highest BCUT2D eigenvalue weighted by atomic mass is 16.5. The molecule has 0 radical (unpaired) electrons. The predicted molar refractivity (Wildman–Crippen MR) is 93.1 cm³/mol. The molecule has 2 rings (SSSR count). The lowest BCUT2D eigenvalue weighted by atomic mass is 10.2. The quantitative estimate of drug-likeness (QED) is 0.644. The van der Waals surface area contributed by atoms with Crippen LogP contribution in [0.5, 0.6) is 11.5 Å². The lowest BCUT2D eigenvalue weighted by Gasteiger charge is -2.20. The van der Waals surface area contributed by atoms with E-state index in [1.807, 2.05) is 18.2 Å². The Morgan fingerprint density at radius 3 is 2.54 bits per heavy atom. The lowest BCUT2D eigenvalue weighted by molar-refractivity contribution is -0.120. The maximum Gasteiger partial charge on any atom is 0.234 e. The van der Waals surface area contributed by atoms with Crippen molar-refractivity contribution >= 4 is 11.6 Å². The van der Waals surface area contributed by atoms with Crippen LogP contribution in [-0.2, 0) is 9.53 Å². The summed E-state index contributed by atoms with van der Waals surface area (Å²) in [6.45, 7) is 3.25. The number of amides is 1. The summed E-state index contributed by atoms with van der Waals surface area (Å²) in [6, 6.07) is 5.97. The van der Waals surface area contributed by atoms with Crippen LogP contribution in [0.25, 0.3) is 0 Å². The van der Waals surface area contributed by atoms with Crippen molar-refractivity contribution in [3.05, 3.63) is 18.2 Å². The predicted octanol–water partition coefficient (Wildman–Crippen LogP) is 0.635. The Labute approximate surface area is 143 Å². The maximum absolute atomic E-state index is 11.9. The molecular weight excluding hydrogens is 310 g/mol. The molecule has 0 bridgehead atoms.